The number of pyridine rings is 1. The Balaban J connectivity index is 2.34. The third-order valence-electron chi connectivity index (χ3n) is 2.72. The van der Waals surface area contributed by atoms with Gasteiger partial charge in [-0.1, -0.05) is 11.6 Å². The Hall–Kier alpha value is -2.41. The van der Waals surface area contributed by atoms with E-state index in [4.69, 9.17) is 16.3 Å². The van der Waals surface area contributed by atoms with Crippen LogP contribution in [0.3, 0.4) is 0 Å². The maximum atomic E-state index is 11.9. The molecule has 23 heavy (non-hydrogen) atoms. The van der Waals surface area contributed by atoms with E-state index in [9.17, 15) is 14.7 Å². The van der Waals surface area contributed by atoms with E-state index in [1.807, 2.05) is 0 Å². The van der Waals surface area contributed by atoms with Crippen LogP contribution in [-0.2, 0) is 9.53 Å². The SMILES string of the molecule is CC(C)(C)OC(=O)NC1=Nc2nc(Cl)ccc2C=C(C(=O)O)C1. The number of carboxylic acids is 1. The zero-order valence-electron chi connectivity index (χ0n) is 12.9. The third-order valence-corrected chi connectivity index (χ3v) is 2.93. The van der Waals surface area contributed by atoms with Crippen LogP contribution in [0.4, 0.5) is 10.6 Å². The molecule has 8 heteroatoms. The lowest BCUT2D eigenvalue weighted by molar-refractivity contribution is -0.132. The Morgan fingerprint density at radius 3 is 2.65 bits per heavy atom. The molecule has 1 aromatic heterocycles. The molecular weight excluding hydrogens is 322 g/mol. The van der Waals surface area contributed by atoms with E-state index in [1.165, 1.54) is 12.1 Å². The monoisotopic (exact) mass is 337 g/mol. The second kappa shape index (κ2) is 6.37. The second-order valence-electron chi connectivity index (χ2n) is 5.88. The number of rotatable bonds is 1. The first-order valence-corrected chi connectivity index (χ1v) is 7.20. The molecule has 0 saturated carbocycles. The van der Waals surface area contributed by atoms with Crippen LogP contribution in [0.1, 0.15) is 32.8 Å². The first kappa shape index (κ1) is 17.0. The quantitative estimate of drug-likeness (QED) is 0.766. The van der Waals surface area contributed by atoms with Gasteiger partial charge in [-0.2, -0.15) is 0 Å². The van der Waals surface area contributed by atoms with Crippen molar-refractivity contribution < 1.29 is 19.4 Å². The van der Waals surface area contributed by atoms with Crippen LogP contribution in [0.2, 0.25) is 5.15 Å². The molecule has 2 rings (SSSR count). The molecule has 1 aromatic rings. The van der Waals surface area contributed by atoms with Gasteiger partial charge in [-0.25, -0.2) is 19.6 Å². The fraction of sp³-hybridized carbons (Fsp3) is 0.333. The maximum absolute atomic E-state index is 11.9. The summed E-state index contributed by atoms with van der Waals surface area (Å²) < 4.78 is 5.14. The number of ether oxygens (including phenoxy) is 1. The minimum atomic E-state index is -1.11. The Labute approximate surface area is 138 Å². The van der Waals surface area contributed by atoms with E-state index in [-0.39, 0.29) is 28.8 Å². The Kier molecular flexibility index (Phi) is 4.70. The standard InChI is InChI=1S/C15H16ClN3O4/c1-15(2,3)23-14(22)19-11-7-9(13(20)21)6-8-4-5-10(16)17-12(8)18-11/h4-6H,7H2,1-3H3,(H,20,21)(H,17,18,19,22). The van der Waals surface area contributed by atoms with E-state index in [2.05, 4.69) is 15.3 Å². The Morgan fingerprint density at radius 2 is 2.04 bits per heavy atom. The van der Waals surface area contributed by atoms with E-state index < -0.39 is 17.7 Å². The maximum Gasteiger partial charge on any atom is 0.413 e. The van der Waals surface area contributed by atoms with E-state index in [1.54, 1.807) is 26.8 Å². The molecule has 1 amide bonds. The van der Waals surface area contributed by atoms with Crippen molar-refractivity contribution in [3.05, 3.63) is 28.4 Å². The van der Waals surface area contributed by atoms with E-state index in [0.717, 1.165) is 0 Å². The molecule has 0 saturated heterocycles. The number of amidine groups is 1. The number of alkyl carbamates (subject to hydrolysis) is 1. The number of carbonyl (C=O) groups is 2. The first-order valence-electron chi connectivity index (χ1n) is 6.82. The lowest BCUT2D eigenvalue weighted by Crippen LogP contribution is -2.36. The number of hydrogen-bond donors (Lipinski definition) is 2. The summed E-state index contributed by atoms with van der Waals surface area (Å²) in [5, 5.41) is 11.9. The van der Waals surface area contributed by atoms with Crippen molar-refractivity contribution in [2.24, 2.45) is 4.99 Å². The molecule has 2 N–H and O–H groups in total. The summed E-state index contributed by atoms with van der Waals surface area (Å²) in [6, 6.07) is 3.16. The number of nitrogens with zero attached hydrogens (tertiary/aromatic N) is 2. The van der Waals surface area contributed by atoms with Gasteiger partial charge in [0.25, 0.3) is 0 Å². The van der Waals surface area contributed by atoms with E-state index in [0.29, 0.717) is 5.56 Å². The van der Waals surface area contributed by atoms with Gasteiger partial charge in [-0.05, 0) is 39.0 Å². The number of fused-ring (bicyclic) bond motifs is 1. The highest BCUT2D eigenvalue weighted by molar-refractivity contribution is 6.29. The molecule has 0 spiro atoms. The molecule has 2 heterocycles. The molecule has 1 aliphatic heterocycles. The van der Waals surface area contributed by atoms with Crippen molar-refractivity contribution in [1.29, 1.82) is 0 Å². The largest absolute Gasteiger partial charge is 0.478 e. The van der Waals surface area contributed by atoms with Crippen molar-refractivity contribution in [2.75, 3.05) is 0 Å². The number of aliphatic imine (C=N–C) groups is 1. The van der Waals surface area contributed by atoms with Crippen LogP contribution >= 0.6 is 11.6 Å². The summed E-state index contributed by atoms with van der Waals surface area (Å²) in [5.41, 5.74) is -0.101. The number of halogens is 1. The molecule has 0 aliphatic carbocycles. The zero-order valence-corrected chi connectivity index (χ0v) is 13.6. The topological polar surface area (TPSA) is 101 Å². The molecule has 0 aromatic carbocycles. The Morgan fingerprint density at radius 1 is 1.35 bits per heavy atom. The third kappa shape index (κ3) is 4.79. The number of hydrogen-bond acceptors (Lipinski definition) is 5. The number of nitrogens with one attached hydrogen (secondary N) is 1. The summed E-state index contributed by atoms with van der Waals surface area (Å²) in [6.07, 6.45) is 0.670. The molecule has 0 unspecified atom stereocenters. The normalized spacial score (nSPS) is 14.1. The van der Waals surface area contributed by atoms with Crippen LogP contribution in [0.5, 0.6) is 0 Å². The van der Waals surface area contributed by atoms with Crippen molar-refractivity contribution in [3.8, 4) is 0 Å². The number of aromatic nitrogens is 1. The molecule has 0 radical (unpaired) electrons. The lowest BCUT2D eigenvalue weighted by Gasteiger charge is -2.20. The molecular formula is C15H16ClN3O4. The predicted molar refractivity (Wildman–Crippen MR) is 85.9 cm³/mol. The van der Waals surface area contributed by atoms with Gasteiger partial charge in [0, 0.05) is 17.6 Å². The minimum absolute atomic E-state index is 0.0669. The fourth-order valence-corrected chi connectivity index (χ4v) is 2.00. The highest BCUT2D eigenvalue weighted by Gasteiger charge is 2.22. The summed E-state index contributed by atoms with van der Waals surface area (Å²) in [6.45, 7) is 5.17. The second-order valence-corrected chi connectivity index (χ2v) is 6.27. The number of carboxylic acid groups (broad SMARTS) is 1. The van der Waals surface area contributed by atoms with E-state index >= 15 is 0 Å². The molecule has 1 aliphatic rings. The highest BCUT2D eigenvalue weighted by atomic mass is 35.5. The number of aliphatic carboxylic acids is 1. The van der Waals surface area contributed by atoms with Crippen molar-refractivity contribution >= 4 is 41.4 Å². The highest BCUT2D eigenvalue weighted by Crippen LogP contribution is 2.26. The molecule has 0 fully saturated rings. The van der Waals surface area contributed by atoms with Crippen molar-refractivity contribution in [2.45, 2.75) is 32.8 Å². The first-order chi connectivity index (χ1) is 10.6. The average Bonchev–Trinajstić information content (AvgIpc) is 2.54. The van der Waals surface area contributed by atoms with Crippen LogP contribution in [0.15, 0.2) is 22.7 Å². The Bertz CT molecular complexity index is 720. The zero-order chi connectivity index (χ0) is 17.2. The van der Waals surface area contributed by atoms with Gasteiger partial charge in [-0.15, -0.1) is 0 Å². The van der Waals surface area contributed by atoms with Gasteiger partial charge in [0.15, 0.2) is 5.82 Å². The number of amides is 1. The summed E-state index contributed by atoms with van der Waals surface area (Å²) in [5.74, 6) is -0.743. The smallest absolute Gasteiger partial charge is 0.413 e. The molecule has 7 nitrogen and oxygen atoms in total. The van der Waals surface area contributed by atoms with Crippen molar-refractivity contribution in [1.82, 2.24) is 10.3 Å². The lowest BCUT2D eigenvalue weighted by atomic mass is 10.1. The van der Waals surface area contributed by atoms with Gasteiger partial charge >= 0.3 is 12.1 Å². The molecule has 0 atom stereocenters. The summed E-state index contributed by atoms with van der Waals surface area (Å²) in [7, 11) is 0. The molecule has 0 bridgehead atoms. The molecule has 122 valence electrons. The van der Waals surface area contributed by atoms with Gasteiger partial charge in [0.2, 0.25) is 0 Å². The predicted octanol–water partition coefficient (Wildman–Crippen LogP) is 3.16. The number of carbonyl (C=O) groups excluding carboxylic acids is 1. The average molecular weight is 338 g/mol. The van der Waals surface area contributed by atoms with Crippen LogP contribution in [0.25, 0.3) is 6.08 Å². The minimum Gasteiger partial charge on any atom is -0.478 e. The van der Waals surface area contributed by atoms with Gasteiger partial charge in [0.1, 0.15) is 16.6 Å². The van der Waals surface area contributed by atoms with Crippen LogP contribution in [0, 0.1) is 0 Å². The van der Waals surface area contributed by atoms with Crippen LogP contribution in [-0.4, -0.2) is 33.6 Å². The van der Waals surface area contributed by atoms with Gasteiger partial charge in [-0.3, -0.25) is 5.32 Å². The fourth-order valence-electron chi connectivity index (χ4n) is 1.86. The van der Waals surface area contributed by atoms with Crippen LogP contribution < -0.4 is 5.32 Å². The van der Waals surface area contributed by atoms with Gasteiger partial charge < -0.3 is 9.84 Å². The summed E-state index contributed by atoms with van der Waals surface area (Å²) in [4.78, 5) is 31.4. The van der Waals surface area contributed by atoms with Gasteiger partial charge in [0.05, 0.1) is 0 Å². The summed E-state index contributed by atoms with van der Waals surface area (Å²) >= 11 is 5.84. The van der Waals surface area contributed by atoms with Crippen molar-refractivity contribution in [3.63, 3.8) is 0 Å².